The summed E-state index contributed by atoms with van der Waals surface area (Å²) >= 11 is 0. The minimum atomic E-state index is -0.927. The first-order chi connectivity index (χ1) is 12.0. The predicted octanol–water partition coefficient (Wildman–Crippen LogP) is 2.77. The number of carboxylic acid groups (broad SMARTS) is 1. The molecule has 0 saturated heterocycles. The highest BCUT2D eigenvalue weighted by atomic mass is 16.5. The molecule has 5 nitrogen and oxygen atoms in total. The molecule has 6 atom stereocenters. The van der Waals surface area contributed by atoms with Crippen LogP contribution in [-0.2, 0) is 9.53 Å². The van der Waals surface area contributed by atoms with Gasteiger partial charge in [-0.25, -0.2) is 4.79 Å². The molecule has 0 aromatic rings. The zero-order chi connectivity index (χ0) is 18.2. The summed E-state index contributed by atoms with van der Waals surface area (Å²) in [5.74, 6) is 0.744. The van der Waals surface area contributed by atoms with Crippen molar-refractivity contribution < 1.29 is 24.9 Å². The summed E-state index contributed by atoms with van der Waals surface area (Å²) in [5, 5.41) is 29.0. The van der Waals surface area contributed by atoms with Gasteiger partial charge in [0, 0.05) is 12.5 Å². The Balaban J connectivity index is 1.79. The fourth-order valence-electron chi connectivity index (χ4n) is 4.43. The van der Waals surface area contributed by atoms with Crippen LogP contribution in [0.1, 0.15) is 45.4 Å². The second-order valence-electron chi connectivity index (χ2n) is 7.44. The van der Waals surface area contributed by atoms with Crippen molar-refractivity contribution in [2.75, 3.05) is 13.2 Å². The number of carbonyl (C=O) groups is 1. The molecule has 2 aliphatic carbocycles. The molecule has 0 aromatic carbocycles. The Morgan fingerprint density at radius 2 is 2.08 bits per heavy atom. The molecule has 0 spiro atoms. The molecule has 142 valence electrons. The quantitative estimate of drug-likeness (QED) is 0.416. The first kappa shape index (κ1) is 20.1. The van der Waals surface area contributed by atoms with Crippen molar-refractivity contribution in [3.05, 3.63) is 24.3 Å². The van der Waals surface area contributed by atoms with E-state index in [1.54, 1.807) is 0 Å². The van der Waals surface area contributed by atoms with Gasteiger partial charge in [-0.1, -0.05) is 31.2 Å². The number of hydrogen-bond donors (Lipinski definition) is 3. The van der Waals surface area contributed by atoms with Gasteiger partial charge in [0.25, 0.3) is 0 Å². The summed E-state index contributed by atoms with van der Waals surface area (Å²) in [6, 6.07) is 0. The summed E-state index contributed by atoms with van der Waals surface area (Å²) in [5.41, 5.74) is 0. The lowest BCUT2D eigenvalue weighted by Gasteiger charge is -2.19. The summed E-state index contributed by atoms with van der Waals surface area (Å²) in [6.07, 6.45) is 12.5. The zero-order valence-corrected chi connectivity index (χ0v) is 15.1. The van der Waals surface area contributed by atoms with Crippen LogP contribution in [0.4, 0.5) is 0 Å². The van der Waals surface area contributed by atoms with Crippen LogP contribution in [0.5, 0.6) is 0 Å². The molecule has 2 unspecified atom stereocenters. The highest BCUT2D eigenvalue weighted by Crippen LogP contribution is 2.51. The number of aliphatic hydroxyl groups excluding tert-OH is 2. The third kappa shape index (κ3) is 6.24. The number of fused-ring (bicyclic) bond motifs is 1. The maximum absolute atomic E-state index is 10.5. The molecule has 2 fully saturated rings. The van der Waals surface area contributed by atoms with Gasteiger partial charge in [0.2, 0.25) is 0 Å². The smallest absolute Gasteiger partial charge is 0.329 e. The summed E-state index contributed by atoms with van der Waals surface area (Å²) in [6.45, 7) is 2.33. The number of ether oxygens (including phenoxy) is 1. The van der Waals surface area contributed by atoms with E-state index in [-0.39, 0.29) is 18.6 Å². The number of rotatable bonds is 10. The lowest BCUT2D eigenvalue weighted by Crippen LogP contribution is -2.18. The van der Waals surface area contributed by atoms with Crippen LogP contribution in [-0.4, -0.2) is 46.7 Å². The Bertz CT molecular complexity index is 473. The largest absolute Gasteiger partial charge is 0.480 e. The molecule has 2 aliphatic rings. The fourth-order valence-corrected chi connectivity index (χ4v) is 4.43. The van der Waals surface area contributed by atoms with E-state index in [9.17, 15) is 15.0 Å². The maximum Gasteiger partial charge on any atom is 0.329 e. The molecular weight excluding hydrogens is 320 g/mol. The van der Waals surface area contributed by atoms with E-state index < -0.39 is 12.1 Å². The van der Waals surface area contributed by atoms with Gasteiger partial charge < -0.3 is 20.1 Å². The van der Waals surface area contributed by atoms with Crippen molar-refractivity contribution in [2.45, 2.75) is 57.7 Å². The molecule has 5 heteroatoms. The Hall–Kier alpha value is -1.17. The molecule has 3 N–H and O–H groups in total. The molecule has 0 bridgehead atoms. The molecule has 0 aromatic heterocycles. The highest BCUT2D eigenvalue weighted by Gasteiger charge is 2.46. The number of carboxylic acids is 1. The van der Waals surface area contributed by atoms with Gasteiger partial charge in [-0.2, -0.15) is 0 Å². The van der Waals surface area contributed by atoms with Gasteiger partial charge in [-0.05, 0) is 56.3 Å². The SMILES string of the molecule is CCC=CCC(O)C=C[C@H]1[C@@H]2CC(CCOCC(=O)O)C[C@@H]2C[C@@H]1O. The van der Waals surface area contributed by atoms with E-state index in [4.69, 9.17) is 9.84 Å². The second-order valence-corrected chi connectivity index (χ2v) is 7.44. The zero-order valence-electron chi connectivity index (χ0n) is 15.1. The van der Waals surface area contributed by atoms with Gasteiger partial charge in [0.15, 0.2) is 0 Å². The lowest BCUT2D eigenvalue weighted by atomic mass is 9.89. The van der Waals surface area contributed by atoms with E-state index >= 15 is 0 Å². The average molecular weight is 352 g/mol. The van der Waals surface area contributed by atoms with E-state index in [2.05, 4.69) is 6.92 Å². The van der Waals surface area contributed by atoms with Crippen molar-refractivity contribution in [1.29, 1.82) is 0 Å². The third-order valence-corrected chi connectivity index (χ3v) is 5.56. The van der Waals surface area contributed by atoms with Crippen LogP contribution in [0.25, 0.3) is 0 Å². The first-order valence-electron chi connectivity index (χ1n) is 9.50. The number of aliphatic hydroxyl groups is 2. The Labute approximate surface area is 150 Å². The predicted molar refractivity (Wildman–Crippen MR) is 96.1 cm³/mol. The van der Waals surface area contributed by atoms with E-state index in [0.717, 1.165) is 32.1 Å². The third-order valence-electron chi connectivity index (χ3n) is 5.56. The minimum Gasteiger partial charge on any atom is -0.480 e. The van der Waals surface area contributed by atoms with Crippen molar-refractivity contribution in [3.63, 3.8) is 0 Å². The Morgan fingerprint density at radius 3 is 2.80 bits per heavy atom. The minimum absolute atomic E-state index is 0.125. The summed E-state index contributed by atoms with van der Waals surface area (Å²) in [4.78, 5) is 10.5. The summed E-state index contributed by atoms with van der Waals surface area (Å²) in [7, 11) is 0. The topological polar surface area (TPSA) is 87.0 Å². The van der Waals surface area contributed by atoms with Gasteiger partial charge in [0.1, 0.15) is 6.61 Å². The Morgan fingerprint density at radius 1 is 1.28 bits per heavy atom. The number of aliphatic carboxylic acids is 1. The van der Waals surface area contributed by atoms with E-state index in [1.807, 2.05) is 24.3 Å². The van der Waals surface area contributed by atoms with Crippen LogP contribution in [0.3, 0.4) is 0 Å². The lowest BCUT2D eigenvalue weighted by molar-refractivity contribution is -0.142. The Kier molecular flexibility index (Phi) is 8.13. The molecular formula is C20H32O5. The average Bonchev–Trinajstić information content (AvgIpc) is 3.06. The first-order valence-corrected chi connectivity index (χ1v) is 9.50. The van der Waals surface area contributed by atoms with Crippen LogP contribution in [0.15, 0.2) is 24.3 Å². The molecule has 25 heavy (non-hydrogen) atoms. The standard InChI is InChI=1S/C20H32O5/c1-2-3-4-5-16(21)6-7-17-18-11-14(8-9-25-13-20(23)24)10-15(18)12-19(17)22/h3-4,6-7,14-19,21-22H,2,5,8-13H2,1H3,(H,23,24)/t14?,15-,16?,17+,18-,19+/m1/s1. The van der Waals surface area contributed by atoms with Crippen molar-refractivity contribution in [2.24, 2.45) is 23.7 Å². The van der Waals surface area contributed by atoms with Crippen molar-refractivity contribution in [3.8, 4) is 0 Å². The van der Waals surface area contributed by atoms with Crippen molar-refractivity contribution >= 4 is 5.97 Å². The van der Waals surface area contributed by atoms with Gasteiger partial charge in [0.05, 0.1) is 12.2 Å². The molecule has 2 saturated carbocycles. The van der Waals surface area contributed by atoms with Crippen LogP contribution in [0.2, 0.25) is 0 Å². The number of allylic oxidation sites excluding steroid dienone is 1. The molecule has 0 aliphatic heterocycles. The molecule has 0 heterocycles. The van der Waals surface area contributed by atoms with Gasteiger partial charge >= 0.3 is 5.97 Å². The normalized spacial score (nSPS) is 33.3. The highest BCUT2D eigenvalue weighted by molar-refractivity contribution is 5.67. The monoisotopic (exact) mass is 352 g/mol. The van der Waals surface area contributed by atoms with E-state index in [1.165, 1.54) is 0 Å². The van der Waals surface area contributed by atoms with Crippen LogP contribution in [0, 0.1) is 23.7 Å². The van der Waals surface area contributed by atoms with E-state index in [0.29, 0.717) is 30.8 Å². The maximum atomic E-state index is 10.5. The van der Waals surface area contributed by atoms with Gasteiger partial charge in [-0.3, -0.25) is 0 Å². The van der Waals surface area contributed by atoms with Gasteiger partial charge in [-0.15, -0.1) is 0 Å². The number of hydrogen-bond acceptors (Lipinski definition) is 4. The fraction of sp³-hybridized carbons (Fsp3) is 0.750. The summed E-state index contributed by atoms with van der Waals surface area (Å²) < 4.78 is 5.15. The molecule has 0 radical (unpaired) electrons. The second kappa shape index (κ2) is 10.1. The van der Waals surface area contributed by atoms with Crippen LogP contribution < -0.4 is 0 Å². The molecule has 2 rings (SSSR count). The molecule has 0 amide bonds. The van der Waals surface area contributed by atoms with Crippen LogP contribution >= 0.6 is 0 Å². The van der Waals surface area contributed by atoms with Crippen molar-refractivity contribution in [1.82, 2.24) is 0 Å².